The van der Waals surface area contributed by atoms with Crippen molar-refractivity contribution in [3.63, 3.8) is 0 Å². The van der Waals surface area contributed by atoms with Crippen molar-refractivity contribution in [3.8, 4) is 11.4 Å². The molecule has 2 atom stereocenters. The maximum atomic E-state index is 9.55. The predicted octanol–water partition coefficient (Wildman–Crippen LogP) is 3.18. The van der Waals surface area contributed by atoms with Gasteiger partial charge in [-0.3, -0.25) is 4.98 Å². The number of phenols is 1. The van der Waals surface area contributed by atoms with E-state index in [1.807, 2.05) is 49.6 Å². The molecule has 25 heavy (non-hydrogen) atoms. The van der Waals surface area contributed by atoms with E-state index in [1.54, 1.807) is 18.3 Å². The average molecular weight is 350 g/mol. The Morgan fingerprint density at radius 3 is 2.60 bits per heavy atom. The average Bonchev–Trinajstić information content (AvgIpc) is 3.22. The maximum Gasteiger partial charge on any atom is 0.169 e. The molecule has 0 amide bonds. The first-order valence-corrected chi connectivity index (χ1v) is 8.47. The number of aromatic hydroxyl groups is 1. The fourth-order valence-electron chi connectivity index (χ4n) is 3.31. The van der Waals surface area contributed by atoms with E-state index >= 15 is 0 Å². The monoisotopic (exact) mass is 350 g/mol. The topological polar surface area (TPSA) is 53.3 Å². The Bertz CT molecular complexity index is 891. The fraction of sp³-hybridized carbons (Fsp3) is 0.158. The first kappa shape index (κ1) is 15.7. The summed E-state index contributed by atoms with van der Waals surface area (Å²) < 4.78 is 2.12. The summed E-state index contributed by atoms with van der Waals surface area (Å²) in [7, 11) is 2.00. The van der Waals surface area contributed by atoms with Crippen LogP contribution in [-0.4, -0.2) is 31.7 Å². The summed E-state index contributed by atoms with van der Waals surface area (Å²) >= 11 is 5.49. The number of aromatic nitrogens is 2. The number of benzene rings is 1. The smallest absolute Gasteiger partial charge is 0.169 e. The molecule has 2 aromatic heterocycles. The van der Waals surface area contributed by atoms with Crippen LogP contribution in [0.3, 0.4) is 0 Å². The van der Waals surface area contributed by atoms with Crippen molar-refractivity contribution < 1.29 is 5.11 Å². The van der Waals surface area contributed by atoms with Crippen LogP contribution >= 0.6 is 12.2 Å². The molecular formula is C19H18N4OS. The van der Waals surface area contributed by atoms with Crippen LogP contribution in [0.15, 0.2) is 67.0 Å². The SMILES string of the molecule is CN1C(=S)N[C@H](c2ccccn2)[C@H]1c1cccn1-c1ccc(O)cc1. The molecule has 0 saturated carbocycles. The number of nitrogens with zero attached hydrogens (tertiary/aromatic N) is 3. The van der Waals surface area contributed by atoms with Gasteiger partial charge in [0.2, 0.25) is 0 Å². The third-order valence-corrected chi connectivity index (χ3v) is 4.96. The molecule has 1 aromatic carbocycles. The highest BCUT2D eigenvalue weighted by Gasteiger charge is 2.39. The van der Waals surface area contributed by atoms with E-state index in [4.69, 9.17) is 12.2 Å². The predicted molar refractivity (Wildman–Crippen MR) is 101 cm³/mol. The summed E-state index contributed by atoms with van der Waals surface area (Å²) in [5, 5.41) is 13.6. The zero-order valence-corrected chi connectivity index (χ0v) is 14.5. The molecule has 6 heteroatoms. The summed E-state index contributed by atoms with van der Waals surface area (Å²) in [5.74, 6) is 0.254. The largest absolute Gasteiger partial charge is 0.508 e. The van der Waals surface area contributed by atoms with E-state index in [-0.39, 0.29) is 17.8 Å². The van der Waals surface area contributed by atoms with E-state index in [0.717, 1.165) is 17.1 Å². The van der Waals surface area contributed by atoms with Crippen molar-refractivity contribution in [2.24, 2.45) is 0 Å². The maximum absolute atomic E-state index is 9.55. The van der Waals surface area contributed by atoms with Gasteiger partial charge >= 0.3 is 0 Å². The molecule has 1 aliphatic rings. The van der Waals surface area contributed by atoms with Crippen LogP contribution in [0.2, 0.25) is 0 Å². The fourth-order valence-corrected chi connectivity index (χ4v) is 3.55. The van der Waals surface area contributed by atoms with Gasteiger partial charge in [-0.1, -0.05) is 6.07 Å². The third-order valence-electron chi connectivity index (χ3n) is 4.55. The first-order valence-electron chi connectivity index (χ1n) is 8.06. The number of thiocarbonyl (C=S) groups is 1. The summed E-state index contributed by atoms with van der Waals surface area (Å²) in [6.45, 7) is 0. The molecule has 126 valence electrons. The van der Waals surface area contributed by atoms with Crippen LogP contribution in [0.1, 0.15) is 23.5 Å². The highest BCUT2D eigenvalue weighted by atomic mass is 32.1. The lowest BCUT2D eigenvalue weighted by atomic mass is 10.0. The Kier molecular flexibility index (Phi) is 3.89. The van der Waals surface area contributed by atoms with Crippen molar-refractivity contribution >= 4 is 17.3 Å². The van der Waals surface area contributed by atoms with Crippen LogP contribution in [0.4, 0.5) is 0 Å². The van der Waals surface area contributed by atoms with Crippen LogP contribution in [0.5, 0.6) is 5.75 Å². The minimum absolute atomic E-state index is 0.0196. The number of rotatable bonds is 3. The molecule has 0 aliphatic carbocycles. The van der Waals surface area contributed by atoms with Gasteiger partial charge in [0.1, 0.15) is 5.75 Å². The lowest BCUT2D eigenvalue weighted by Gasteiger charge is -2.25. The molecule has 1 aliphatic heterocycles. The molecule has 3 heterocycles. The molecule has 0 unspecified atom stereocenters. The summed E-state index contributed by atoms with van der Waals surface area (Å²) in [4.78, 5) is 6.58. The third kappa shape index (κ3) is 2.74. The van der Waals surface area contributed by atoms with Gasteiger partial charge in [-0.2, -0.15) is 0 Å². The van der Waals surface area contributed by atoms with Crippen LogP contribution in [0, 0.1) is 0 Å². The molecule has 0 radical (unpaired) electrons. The lowest BCUT2D eigenvalue weighted by molar-refractivity contribution is 0.357. The Morgan fingerprint density at radius 1 is 1.08 bits per heavy atom. The Morgan fingerprint density at radius 2 is 1.88 bits per heavy atom. The molecule has 0 bridgehead atoms. The van der Waals surface area contributed by atoms with Crippen LogP contribution < -0.4 is 5.32 Å². The van der Waals surface area contributed by atoms with Gasteiger partial charge in [0.15, 0.2) is 5.11 Å². The number of nitrogens with one attached hydrogen (secondary N) is 1. The number of hydrogen-bond acceptors (Lipinski definition) is 3. The quantitative estimate of drug-likeness (QED) is 0.711. The molecular weight excluding hydrogens is 332 g/mol. The van der Waals surface area contributed by atoms with E-state index < -0.39 is 0 Å². The molecule has 1 saturated heterocycles. The van der Waals surface area contributed by atoms with Gasteiger partial charge in [-0.25, -0.2) is 0 Å². The summed E-state index contributed by atoms with van der Waals surface area (Å²) in [5.41, 5.74) is 3.05. The molecule has 4 rings (SSSR count). The zero-order valence-electron chi connectivity index (χ0n) is 13.7. The zero-order chi connectivity index (χ0) is 17.4. The Labute approximate surface area is 151 Å². The molecule has 2 N–H and O–H groups in total. The molecule has 0 spiro atoms. The van der Waals surface area contributed by atoms with Gasteiger partial charge in [-0.05, 0) is 60.7 Å². The van der Waals surface area contributed by atoms with E-state index in [1.165, 1.54) is 0 Å². The van der Waals surface area contributed by atoms with Crippen molar-refractivity contribution in [2.75, 3.05) is 7.05 Å². The number of likely N-dealkylation sites (N-methyl/N-ethyl adjacent to an activating group) is 1. The van der Waals surface area contributed by atoms with E-state index in [0.29, 0.717) is 5.11 Å². The normalized spacial score (nSPS) is 19.9. The summed E-state index contributed by atoms with van der Waals surface area (Å²) in [6.07, 6.45) is 3.82. The minimum atomic E-state index is -0.0236. The summed E-state index contributed by atoms with van der Waals surface area (Å²) in [6, 6.07) is 17.2. The van der Waals surface area contributed by atoms with Gasteiger partial charge in [-0.15, -0.1) is 0 Å². The standard InChI is InChI=1S/C19H18N4OS/c1-22-18(17(21-19(22)25)15-5-2-3-11-20-15)16-6-4-12-23(16)13-7-9-14(24)10-8-13/h2-12,17-18,24H,1H3,(H,21,25)/t17-,18-/m1/s1. The first-order chi connectivity index (χ1) is 12.1. The van der Waals surface area contributed by atoms with Gasteiger partial charge in [0, 0.05) is 30.8 Å². The highest BCUT2D eigenvalue weighted by Crippen LogP contribution is 2.38. The van der Waals surface area contributed by atoms with Crippen molar-refractivity contribution in [2.45, 2.75) is 12.1 Å². The Hall–Kier alpha value is -2.86. The van der Waals surface area contributed by atoms with E-state index in [9.17, 15) is 5.11 Å². The molecule has 5 nitrogen and oxygen atoms in total. The van der Waals surface area contributed by atoms with Gasteiger partial charge in [0.05, 0.1) is 17.8 Å². The van der Waals surface area contributed by atoms with Crippen molar-refractivity contribution in [3.05, 3.63) is 78.4 Å². The minimum Gasteiger partial charge on any atom is -0.508 e. The molecule has 1 fully saturated rings. The van der Waals surface area contributed by atoms with Crippen LogP contribution in [-0.2, 0) is 0 Å². The van der Waals surface area contributed by atoms with Crippen molar-refractivity contribution in [1.29, 1.82) is 0 Å². The van der Waals surface area contributed by atoms with Crippen molar-refractivity contribution in [1.82, 2.24) is 19.8 Å². The number of pyridine rings is 1. The second kappa shape index (κ2) is 6.22. The molecule has 3 aromatic rings. The highest BCUT2D eigenvalue weighted by molar-refractivity contribution is 7.80. The van der Waals surface area contributed by atoms with Gasteiger partial charge in [0.25, 0.3) is 0 Å². The Balaban J connectivity index is 1.78. The lowest BCUT2D eigenvalue weighted by Crippen LogP contribution is -2.25. The van der Waals surface area contributed by atoms with E-state index in [2.05, 4.69) is 25.8 Å². The van der Waals surface area contributed by atoms with Gasteiger partial charge < -0.3 is 19.9 Å². The number of phenolic OH excluding ortho intramolecular Hbond substituents is 1. The number of hydrogen-bond donors (Lipinski definition) is 2. The second-order valence-corrected chi connectivity index (χ2v) is 6.44. The second-order valence-electron chi connectivity index (χ2n) is 6.06. The van der Waals surface area contributed by atoms with Crippen LogP contribution in [0.25, 0.3) is 5.69 Å².